The largest absolute Gasteiger partial charge is 0.303 e. The summed E-state index contributed by atoms with van der Waals surface area (Å²) in [6.45, 7) is 2.35. The quantitative estimate of drug-likeness (QED) is 0.577. The lowest BCUT2D eigenvalue weighted by Crippen LogP contribution is -2.28. The number of carbonyl (C=O) groups excluding carboxylic acids is 1. The Bertz CT molecular complexity index is 259. The molecule has 0 aromatic carbocycles. The minimum absolute atomic E-state index is 0.0698. The molecule has 19 heavy (non-hydrogen) atoms. The van der Waals surface area contributed by atoms with Gasteiger partial charge in [0.25, 0.3) is 0 Å². The van der Waals surface area contributed by atoms with Crippen molar-refractivity contribution in [3.63, 3.8) is 0 Å². The summed E-state index contributed by atoms with van der Waals surface area (Å²) in [4.78, 5) is 11.6. The first-order valence-electron chi connectivity index (χ1n) is 8.76. The van der Waals surface area contributed by atoms with E-state index in [1.165, 1.54) is 76.9 Å². The molecular weight excluding hydrogens is 232 g/mol. The molecule has 1 unspecified atom stereocenters. The zero-order valence-electron chi connectivity index (χ0n) is 12.8. The summed E-state index contributed by atoms with van der Waals surface area (Å²) in [6.07, 6.45) is 18.6. The van der Waals surface area contributed by atoms with E-state index < -0.39 is 0 Å². The van der Waals surface area contributed by atoms with Gasteiger partial charge in [0.1, 0.15) is 6.29 Å². The van der Waals surface area contributed by atoms with Crippen molar-refractivity contribution in [3.8, 4) is 0 Å². The third-order valence-corrected chi connectivity index (χ3v) is 5.95. The maximum absolute atomic E-state index is 11.6. The Labute approximate surface area is 119 Å². The molecule has 2 fully saturated rings. The lowest BCUT2D eigenvalue weighted by Gasteiger charge is -2.35. The van der Waals surface area contributed by atoms with Gasteiger partial charge in [0.05, 0.1) is 0 Å². The second-order valence-electron chi connectivity index (χ2n) is 7.15. The molecular formula is C18H32O. The van der Waals surface area contributed by atoms with Crippen molar-refractivity contribution in [1.82, 2.24) is 0 Å². The summed E-state index contributed by atoms with van der Waals surface area (Å²) in [5.74, 6) is 1.85. The third kappa shape index (κ3) is 4.07. The highest BCUT2D eigenvalue weighted by Crippen LogP contribution is 2.42. The Morgan fingerprint density at radius 2 is 1.68 bits per heavy atom. The maximum Gasteiger partial charge on any atom is 0.126 e. The molecule has 2 saturated carbocycles. The van der Waals surface area contributed by atoms with E-state index in [4.69, 9.17) is 0 Å². The summed E-state index contributed by atoms with van der Waals surface area (Å²) in [6, 6.07) is 0. The molecule has 0 aliphatic heterocycles. The van der Waals surface area contributed by atoms with E-state index in [2.05, 4.69) is 6.92 Å². The monoisotopic (exact) mass is 264 g/mol. The average Bonchev–Trinajstić information content (AvgIpc) is 2.50. The first-order chi connectivity index (χ1) is 9.29. The summed E-state index contributed by atoms with van der Waals surface area (Å²) in [7, 11) is 0. The summed E-state index contributed by atoms with van der Waals surface area (Å²) in [5.41, 5.74) is 0.0698. The van der Waals surface area contributed by atoms with Gasteiger partial charge in [0.2, 0.25) is 0 Å². The molecule has 1 heteroatoms. The predicted molar refractivity (Wildman–Crippen MR) is 81.2 cm³/mol. The maximum atomic E-state index is 11.6. The second kappa shape index (κ2) is 7.45. The first-order valence-corrected chi connectivity index (χ1v) is 8.76. The Kier molecular flexibility index (Phi) is 5.91. The van der Waals surface area contributed by atoms with Gasteiger partial charge in [-0.3, -0.25) is 0 Å². The highest BCUT2D eigenvalue weighted by Gasteiger charge is 2.33. The van der Waals surface area contributed by atoms with Crippen molar-refractivity contribution < 1.29 is 4.79 Å². The van der Waals surface area contributed by atoms with Crippen LogP contribution in [-0.4, -0.2) is 6.29 Å². The van der Waals surface area contributed by atoms with E-state index >= 15 is 0 Å². The molecule has 1 nitrogen and oxygen atoms in total. The summed E-state index contributed by atoms with van der Waals surface area (Å²) in [5, 5.41) is 0. The van der Waals surface area contributed by atoms with Gasteiger partial charge >= 0.3 is 0 Å². The molecule has 0 amide bonds. The van der Waals surface area contributed by atoms with E-state index in [-0.39, 0.29) is 5.41 Å². The van der Waals surface area contributed by atoms with Gasteiger partial charge in [-0.15, -0.1) is 0 Å². The van der Waals surface area contributed by atoms with Gasteiger partial charge in [0.15, 0.2) is 0 Å². The highest BCUT2D eigenvalue weighted by molar-refractivity contribution is 5.59. The fraction of sp³-hybridized carbons (Fsp3) is 0.944. The molecule has 110 valence electrons. The van der Waals surface area contributed by atoms with Crippen molar-refractivity contribution in [2.75, 3.05) is 0 Å². The van der Waals surface area contributed by atoms with E-state index in [0.29, 0.717) is 0 Å². The molecule has 1 atom stereocenters. The van der Waals surface area contributed by atoms with Crippen LogP contribution in [-0.2, 0) is 4.79 Å². The number of hydrogen-bond acceptors (Lipinski definition) is 1. The van der Waals surface area contributed by atoms with Gasteiger partial charge in [0, 0.05) is 5.41 Å². The zero-order chi connectivity index (χ0) is 13.6. The Morgan fingerprint density at radius 3 is 2.26 bits per heavy atom. The van der Waals surface area contributed by atoms with Crippen molar-refractivity contribution in [2.45, 2.75) is 90.4 Å². The number of rotatable bonds is 6. The Hall–Kier alpha value is -0.330. The van der Waals surface area contributed by atoms with Gasteiger partial charge in [-0.25, -0.2) is 0 Å². The summed E-state index contributed by atoms with van der Waals surface area (Å²) < 4.78 is 0. The molecule has 0 saturated heterocycles. The van der Waals surface area contributed by atoms with Crippen LogP contribution in [0.3, 0.4) is 0 Å². The van der Waals surface area contributed by atoms with Crippen LogP contribution < -0.4 is 0 Å². The highest BCUT2D eigenvalue weighted by atomic mass is 16.1. The van der Waals surface area contributed by atoms with Gasteiger partial charge in [-0.1, -0.05) is 64.7 Å². The fourth-order valence-corrected chi connectivity index (χ4v) is 4.53. The molecule has 0 heterocycles. The molecule has 2 aliphatic rings. The molecule has 0 aromatic rings. The zero-order valence-corrected chi connectivity index (χ0v) is 12.8. The van der Waals surface area contributed by atoms with Crippen molar-refractivity contribution in [3.05, 3.63) is 0 Å². The normalized spacial score (nSPS) is 25.9. The topological polar surface area (TPSA) is 17.1 Å². The standard InChI is InChI=1S/C18H32O/c1-2-16(17-9-5-3-6-10-17)11-14-18(15-19)12-7-4-8-13-18/h15-17H,2-14H2,1H3. The SMILES string of the molecule is CCC(CCC1(C=O)CCCCC1)C1CCCCC1. The van der Waals surface area contributed by atoms with Crippen LogP contribution >= 0.6 is 0 Å². The summed E-state index contributed by atoms with van der Waals surface area (Å²) >= 11 is 0. The number of aldehydes is 1. The van der Waals surface area contributed by atoms with Crippen LogP contribution in [0.1, 0.15) is 90.4 Å². The Balaban J connectivity index is 1.85. The molecule has 0 bridgehead atoms. The van der Waals surface area contributed by atoms with Crippen molar-refractivity contribution in [2.24, 2.45) is 17.3 Å². The fourth-order valence-electron chi connectivity index (χ4n) is 4.53. The molecule has 0 aromatic heterocycles. The number of hydrogen-bond donors (Lipinski definition) is 0. The van der Waals surface area contributed by atoms with Crippen LogP contribution in [0.5, 0.6) is 0 Å². The van der Waals surface area contributed by atoms with E-state index in [0.717, 1.165) is 24.7 Å². The van der Waals surface area contributed by atoms with Crippen LogP contribution in [0.4, 0.5) is 0 Å². The third-order valence-electron chi connectivity index (χ3n) is 5.95. The lowest BCUT2D eigenvalue weighted by molar-refractivity contribution is -0.118. The average molecular weight is 264 g/mol. The minimum Gasteiger partial charge on any atom is -0.303 e. The molecule has 0 radical (unpaired) electrons. The second-order valence-corrected chi connectivity index (χ2v) is 7.15. The smallest absolute Gasteiger partial charge is 0.126 e. The molecule has 2 rings (SSSR count). The first kappa shape index (κ1) is 15.1. The van der Waals surface area contributed by atoms with E-state index in [1.807, 2.05) is 0 Å². The number of carbonyl (C=O) groups is 1. The van der Waals surface area contributed by atoms with Crippen LogP contribution in [0.2, 0.25) is 0 Å². The lowest BCUT2D eigenvalue weighted by atomic mass is 9.69. The van der Waals surface area contributed by atoms with Crippen LogP contribution in [0, 0.1) is 17.3 Å². The van der Waals surface area contributed by atoms with Crippen molar-refractivity contribution >= 4 is 6.29 Å². The Morgan fingerprint density at radius 1 is 1.05 bits per heavy atom. The minimum atomic E-state index is 0.0698. The van der Waals surface area contributed by atoms with Crippen molar-refractivity contribution in [1.29, 1.82) is 0 Å². The predicted octanol–water partition coefficient (Wildman–Crippen LogP) is 5.52. The van der Waals surface area contributed by atoms with Gasteiger partial charge in [-0.2, -0.15) is 0 Å². The molecule has 0 N–H and O–H groups in total. The molecule has 0 spiro atoms. The van der Waals surface area contributed by atoms with Gasteiger partial charge in [-0.05, 0) is 37.5 Å². The van der Waals surface area contributed by atoms with E-state index in [1.54, 1.807) is 0 Å². The molecule has 2 aliphatic carbocycles. The van der Waals surface area contributed by atoms with Crippen LogP contribution in [0.15, 0.2) is 0 Å². The van der Waals surface area contributed by atoms with Crippen LogP contribution in [0.25, 0.3) is 0 Å². The van der Waals surface area contributed by atoms with E-state index in [9.17, 15) is 4.79 Å². The van der Waals surface area contributed by atoms with Gasteiger partial charge < -0.3 is 4.79 Å².